The summed E-state index contributed by atoms with van der Waals surface area (Å²) in [5, 5.41) is 8.72. The Morgan fingerprint density at radius 3 is 3.06 bits per heavy atom. The number of hydrogen-bond acceptors (Lipinski definition) is 5. The number of benzene rings is 1. The highest BCUT2D eigenvalue weighted by Gasteiger charge is 2.03. The molecule has 0 amide bonds. The average Bonchev–Trinajstić information content (AvgIpc) is 2.89. The summed E-state index contributed by atoms with van der Waals surface area (Å²) >= 11 is 1.27. The average molecular weight is 258 g/mol. The highest BCUT2D eigenvalue weighted by atomic mass is 32.1. The van der Waals surface area contributed by atoms with E-state index < -0.39 is 0 Å². The van der Waals surface area contributed by atoms with E-state index in [0.717, 1.165) is 15.9 Å². The molecule has 2 heterocycles. The van der Waals surface area contributed by atoms with Crippen molar-refractivity contribution in [3.05, 3.63) is 52.4 Å². The van der Waals surface area contributed by atoms with E-state index in [1.165, 1.54) is 11.5 Å². The number of fused-ring (bicyclic) bond motifs is 1. The third-order valence-corrected chi connectivity index (χ3v) is 3.27. The Kier molecular flexibility index (Phi) is 2.77. The van der Waals surface area contributed by atoms with Gasteiger partial charge in [0.1, 0.15) is 5.00 Å². The summed E-state index contributed by atoms with van der Waals surface area (Å²) < 4.78 is 3.75. The largest absolute Gasteiger partial charge is 0.370 e. The van der Waals surface area contributed by atoms with Gasteiger partial charge in [0.25, 0.3) is 5.56 Å². The van der Waals surface area contributed by atoms with E-state index in [1.54, 1.807) is 6.20 Å². The van der Waals surface area contributed by atoms with Crippen molar-refractivity contribution in [2.45, 2.75) is 6.54 Å². The number of nitrogens with zero attached hydrogens (tertiary/aromatic N) is 2. The predicted molar refractivity (Wildman–Crippen MR) is 71.8 cm³/mol. The Bertz CT molecular complexity index is 720. The second-order valence-corrected chi connectivity index (χ2v) is 4.63. The van der Waals surface area contributed by atoms with E-state index in [9.17, 15) is 4.79 Å². The Morgan fingerprint density at radius 1 is 1.33 bits per heavy atom. The van der Waals surface area contributed by atoms with Crippen LogP contribution in [0.5, 0.6) is 0 Å². The summed E-state index contributed by atoms with van der Waals surface area (Å²) in [6.45, 7) is 0.462. The molecular weight excluding hydrogens is 248 g/mol. The fourth-order valence-electron chi connectivity index (χ4n) is 1.75. The first kappa shape index (κ1) is 10.9. The normalized spacial score (nSPS) is 10.7. The summed E-state index contributed by atoms with van der Waals surface area (Å²) in [5.41, 5.74) is 1.48. The summed E-state index contributed by atoms with van der Waals surface area (Å²) in [5.74, 6) is 0. The van der Waals surface area contributed by atoms with Crippen LogP contribution in [0.3, 0.4) is 0 Å². The number of H-pyrrole nitrogens is 1. The van der Waals surface area contributed by atoms with Crippen LogP contribution in [0.1, 0.15) is 5.56 Å². The molecule has 18 heavy (non-hydrogen) atoms. The predicted octanol–water partition coefficient (Wildman–Crippen LogP) is 1.99. The van der Waals surface area contributed by atoms with Crippen LogP contribution in [0.15, 0.2) is 41.3 Å². The lowest BCUT2D eigenvalue weighted by Crippen LogP contribution is -2.15. The van der Waals surface area contributed by atoms with Gasteiger partial charge in [-0.2, -0.15) is 0 Å². The molecule has 0 spiro atoms. The molecule has 0 fully saturated rings. The van der Waals surface area contributed by atoms with Crippen molar-refractivity contribution in [1.82, 2.24) is 14.6 Å². The van der Waals surface area contributed by atoms with Gasteiger partial charge >= 0.3 is 0 Å². The smallest absolute Gasteiger partial charge is 0.253 e. The van der Waals surface area contributed by atoms with Gasteiger partial charge in [-0.25, -0.2) is 0 Å². The zero-order chi connectivity index (χ0) is 12.4. The third kappa shape index (κ3) is 2.10. The van der Waals surface area contributed by atoms with Crippen LogP contribution in [0.2, 0.25) is 0 Å². The van der Waals surface area contributed by atoms with Crippen molar-refractivity contribution in [3.63, 3.8) is 0 Å². The standard InChI is InChI=1S/C12H10N4OS/c17-12-9(6-13-11-7-14-16-18-11)5-8-3-1-2-4-10(8)15-12/h1-5,7,13H,6H2,(H,15,17). The van der Waals surface area contributed by atoms with E-state index in [0.29, 0.717) is 12.1 Å². The van der Waals surface area contributed by atoms with Crippen LogP contribution < -0.4 is 10.9 Å². The highest BCUT2D eigenvalue weighted by molar-refractivity contribution is 7.09. The fourth-order valence-corrected chi connectivity index (χ4v) is 2.16. The fraction of sp³-hybridized carbons (Fsp3) is 0.0833. The Morgan fingerprint density at radius 2 is 2.22 bits per heavy atom. The zero-order valence-electron chi connectivity index (χ0n) is 9.38. The molecule has 0 saturated carbocycles. The molecule has 1 aromatic carbocycles. The number of nitrogens with one attached hydrogen (secondary N) is 2. The minimum atomic E-state index is -0.0707. The van der Waals surface area contributed by atoms with Gasteiger partial charge in [0.2, 0.25) is 0 Å². The number of pyridine rings is 1. The molecule has 0 unspecified atom stereocenters. The second-order valence-electron chi connectivity index (χ2n) is 3.85. The highest BCUT2D eigenvalue weighted by Crippen LogP contribution is 2.13. The number of para-hydroxylation sites is 1. The number of hydrogen-bond donors (Lipinski definition) is 2. The lowest BCUT2D eigenvalue weighted by Gasteiger charge is -2.04. The molecule has 3 rings (SSSR count). The molecule has 2 N–H and O–H groups in total. The van der Waals surface area contributed by atoms with Gasteiger partial charge in [0, 0.05) is 29.2 Å². The van der Waals surface area contributed by atoms with Gasteiger partial charge in [-0.15, -0.1) is 5.10 Å². The van der Waals surface area contributed by atoms with Gasteiger partial charge in [-0.3, -0.25) is 4.79 Å². The van der Waals surface area contributed by atoms with Crippen molar-refractivity contribution in [3.8, 4) is 0 Å². The van der Waals surface area contributed by atoms with Gasteiger partial charge in [-0.1, -0.05) is 22.7 Å². The SMILES string of the molecule is O=c1[nH]c2ccccc2cc1CNc1cnns1. The molecule has 0 aliphatic carbocycles. The van der Waals surface area contributed by atoms with Gasteiger partial charge in [0.15, 0.2) is 0 Å². The minimum Gasteiger partial charge on any atom is -0.370 e. The lowest BCUT2D eigenvalue weighted by molar-refractivity contribution is 1.09. The first-order chi connectivity index (χ1) is 8.83. The monoisotopic (exact) mass is 258 g/mol. The van der Waals surface area contributed by atoms with Gasteiger partial charge in [0.05, 0.1) is 6.20 Å². The maximum Gasteiger partial charge on any atom is 0.253 e. The van der Waals surface area contributed by atoms with Crippen molar-refractivity contribution in [2.75, 3.05) is 5.32 Å². The molecule has 90 valence electrons. The first-order valence-electron chi connectivity index (χ1n) is 5.45. The van der Waals surface area contributed by atoms with Crippen LogP contribution in [-0.2, 0) is 6.54 Å². The summed E-state index contributed by atoms with van der Waals surface area (Å²) in [6, 6.07) is 9.61. The molecule has 0 aliphatic heterocycles. The van der Waals surface area contributed by atoms with Crippen molar-refractivity contribution >= 4 is 27.4 Å². The lowest BCUT2D eigenvalue weighted by atomic mass is 10.1. The van der Waals surface area contributed by atoms with E-state index >= 15 is 0 Å². The first-order valence-corrected chi connectivity index (χ1v) is 6.22. The molecule has 3 aromatic rings. The molecule has 6 heteroatoms. The third-order valence-electron chi connectivity index (χ3n) is 2.64. The van der Waals surface area contributed by atoms with Crippen LogP contribution in [0, 0.1) is 0 Å². The summed E-state index contributed by atoms with van der Waals surface area (Å²) in [6.07, 6.45) is 1.64. The second kappa shape index (κ2) is 4.58. The number of anilines is 1. The van der Waals surface area contributed by atoms with Crippen molar-refractivity contribution < 1.29 is 0 Å². The number of rotatable bonds is 3. The van der Waals surface area contributed by atoms with Crippen molar-refractivity contribution in [2.24, 2.45) is 0 Å². The van der Waals surface area contributed by atoms with Gasteiger partial charge in [-0.05, 0) is 17.5 Å². The van der Waals surface area contributed by atoms with Gasteiger partial charge < -0.3 is 10.3 Å². The van der Waals surface area contributed by atoms with E-state index in [4.69, 9.17) is 0 Å². The molecule has 5 nitrogen and oxygen atoms in total. The minimum absolute atomic E-state index is 0.0707. The maximum atomic E-state index is 11.9. The molecule has 0 atom stereocenters. The molecule has 0 radical (unpaired) electrons. The van der Waals surface area contributed by atoms with Crippen LogP contribution in [-0.4, -0.2) is 14.6 Å². The molecule has 2 aromatic heterocycles. The van der Waals surface area contributed by atoms with E-state index in [-0.39, 0.29) is 5.56 Å². The Labute approximate surface area is 107 Å². The maximum absolute atomic E-state index is 11.9. The van der Waals surface area contributed by atoms with Crippen LogP contribution >= 0.6 is 11.5 Å². The molecule has 0 saturated heterocycles. The summed E-state index contributed by atoms with van der Waals surface area (Å²) in [7, 11) is 0. The number of aromatic nitrogens is 3. The van der Waals surface area contributed by atoms with Crippen LogP contribution in [0.25, 0.3) is 10.9 Å². The zero-order valence-corrected chi connectivity index (χ0v) is 10.2. The van der Waals surface area contributed by atoms with Crippen LogP contribution in [0.4, 0.5) is 5.00 Å². The number of aromatic amines is 1. The Hall–Kier alpha value is -2.21. The van der Waals surface area contributed by atoms with E-state index in [1.807, 2.05) is 30.3 Å². The molecular formula is C12H10N4OS. The topological polar surface area (TPSA) is 70.7 Å². The Balaban J connectivity index is 1.92. The van der Waals surface area contributed by atoms with Crippen molar-refractivity contribution in [1.29, 1.82) is 0 Å². The molecule has 0 aliphatic rings. The quantitative estimate of drug-likeness (QED) is 0.753. The summed E-state index contributed by atoms with van der Waals surface area (Å²) in [4.78, 5) is 14.7. The molecule has 0 bridgehead atoms. The van der Waals surface area contributed by atoms with E-state index in [2.05, 4.69) is 19.9 Å².